The highest BCUT2D eigenvalue weighted by Gasteiger charge is 2.25. The van der Waals surface area contributed by atoms with Crippen LogP contribution in [0.1, 0.15) is 36.1 Å². The average Bonchev–Trinajstić information content (AvgIpc) is 2.57. The molecule has 1 N–H and O–H groups in total. The van der Waals surface area contributed by atoms with Crippen LogP contribution in [-0.2, 0) is 11.2 Å². The number of hydrogen-bond acceptors (Lipinski definition) is 2. The topological polar surface area (TPSA) is 35.1 Å². The third-order valence-corrected chi connectivity index (χ3v) is 5.33. The standard InChI is InChI=1S/C19H25NOS/c1-2-3-14-20-15-16-22(21)19(17-10-6-4-7-11-17)18-12-8-5-9-13-18/h4-13,19-20H,2-3,14-16H2,1H3. The first-order valence-electron chi connectivity index (χ1n) is 8.00. The van der Waals surface area contributed by atoms with E-state index in [1.807, 2.05) is 36.4 Å². The molecule has 0 saturated heterocycles. The second-order valence-corrected chi connectivity index (χ2v) is 7.03. The Bertz CT molecular complexity index is 478. The van der Waals surface area contributed by atoms with E-state index in [0.717, 1.165) is 24.2 Å². The Balaban J connectivity index is 2.05. The number of nitrogens with one attached hydrogen (secondary N) is 1. The van der Waals surface area contributed by atoms with Gasteiger partial charge in [-0.05, 0) is 24.1 Å². The molecule has 118 valence electrons. The minimum atomic E-state index is -0.928. The fourth-order valence-corrected chi connectivity index (χ4v) is 3.97. The molecule has 2 nitrogen and oxygen atoms in total. The van der Waals surface area contributed by atoms with E-state index in [2.05, 4.69) is 36.5 Å². The predicted octanol–water partition coefficient (Wildman–Crippen LogP) is 3.91. The number of unbranched alkanes of at least 4 members (excludes halogenated alkanes) is 1. The molecular weight excluding hydrogens is 290 g/mol. The minimum absolute atomic E-state index is 0.0459. The third-order valence-electron chi connectivity index (χ3n) is 3.65. The molecule has 0 heterocycles. The summed E-state index contributed by atoms with van der Waals surface area (Å²) in [5, 5.41) is 3.34. The predicted molar refractivity (Wildman–Crippen MR) is 95.5 cm³/mol. The van der Waals surface area contributed by atoms with Gasteiger partial charge in [-0.1, -0.05) is 74.0 Å². The molecule has 2 aromatic carbocycles. The molecule has 22 heavy (non-hydrogen) atoms. The fourth-order valence-electron chi connectivity index (χ4n) is 2.47. The monoisotopic (exact) mass is 315 g/mol. The Hall–Kier alpha value is -1.29. The number of benzene rings is 2. The SMILES string of the molecule is CCCCNCC[S+]([O-])C(c1ccccc1)c1ccccc1. The molecule has 0 saturated carbocycles. The van der Waals surface area contributed by atoms with Crippen LogP contribution < -0.4 is 5.32 Å². The molecule has 0 aromatic heterocycles. The summed E-state index contributed by atoms with van der Waals surface area (Å²) in [5.41, 5.74) is 2.25. The van der Waals surface area contributed by atoms with Gasteiger partial charge in [0.2, 0.25) is 0 Å². The Morgan fingerprint density at radius 3 is 1.95 bits per heavy atom. The zero-order valence-electron chi connectivity index (χ0n) is 13.2. The second kappa shape index (κ2) is 9.67. The first kappa shape index (κ1) is 17.1. The van der Waals surface area contributed by atoms with E-state index in [4.69, 9.17) is 0 Å². The van der Waals surface area contributed by atoms with E-state index in [1.165, 1.54) is 12.8 Å². The van der Waals surface area contributed by atoms with E-state index in [0.29, 0.717) is 5.75 Å². The van der Waals surface area contributed by atoms with Gasteiger partial charge in [0.05, 0.1) is 0 Å². The molecular formula is C19H25NOS. The molecule has 0 radical (unpaired) electrons. The average molecular weight is 315 g/mol. The largest absolute Gasteiger partial charge is 0.616 e. The first-order valence-corrected chi connectivity index (χ1v) is 9.39. The summed E-state index contributed by atoms with van der Waals surface area (Å²) >= 11 is -0.928. The Morgan fingerprint density at radius 1 is 0.909 bits per heavy atom. The summed E-state index contributed by atoms with van der Waals surface area (Å²) in [5.74, 6) is 0.679. The molecule has 2 rings (SSSR count). The quantitative estimate of drug-likeness (QED) is 0.562. The van der Waals surface area contributed by atoms with Crippen molar-refractivity contribution in [2.24, 2.45) is 0 Å². The maximum absolute atomic E-state index is 12.8. The lowest BCUT2D eigenvalue weighted by Gasteiger charge is -2.23. The molecule has 0 aliphatic rings. The maximum atomic E-state index is 12.8. The van der Waals surface area contributed by atoms with Crippen molar-refractivity contribution in [1.82, 2.24) is 5.32 Å². The van der Waals surface area contributed by atoms with Crippen LogP contribution >= 0.6 is 0 Å². The van der Waals surface area contributed by atoms with Crippen molar-refractivity contribution in [3.05, 3.63) is 71.8 Å². The van der Waals surface area contributed by atoms with Crippen LogP contribution in [-0.4, -0.2) is 23.4 Å². The molecule has 0 spiro atoms. The van der Waals surface area contributed by atoms with Gasteiger partial charge in [-0.15, -0.1) is 0 Å². The molecule has 2 aromatic rings. The Labute approximate surface area is 137 Å². The van der Waals surface area contributed by atoms with Crippen molar-refractivity contribution in [3.63, 3.8) is 0 Å². The maximum Gasteiger partial charge on any atom is 0.165 e. The smallest absolute Gasteiger partial charge is 0.165 e. The summed E-state index contributed by atoms with van der Waals surface area (Å²) < 4.78 is 12.8. The van der Waals surface area contributed by atoms with Crippen LogP contribution in [0.3, 0.4) is 0 Å². The number of hydrogen-bond donors (Lipinski definition) is 1. The molecule has 0 aliphatic heterocycles. The van der Waals surface area contributed by atoms with Gasteiger partial charge >= 0.3 is 0 Å². The summed E-state index contributed by atoms with van der Waals surface area (Å²) in [7, 11) is 0. The lowest BCUT2D eigenvalue weighted by molar-refractivity contribution is 0.581. The van der Waals surface area contributed by atoms with Gasteiger partial charge in [0, 0.05) is 17.7 Å². The molecule has 0 fully saturated rings. The van der Waals surface area contributed by atoms with Crippen molar-refractivity contribution in [2.75, 3.05) is 18.8 Å². The lowest BCUT2D eigenvalue weighted by atomic mass is 10.0. The Morgan fingerprint density at radius 2 is 1.45 bits per heavy atom. The van der Waals surface area contributed by atoms with Crippen LogP contribution in [0.4, 0.5) is 0 Å². The highest BCUT2D eigenvalue weighted by molar-refractivity contribution is 7.91. The van der Waals surface area contributed by atoms with Crippen molar-refractivity contribution in [3.8, 4) is 0 Å². The minimum Gasteiger partial charge on any atom is -0.616 e. The Kier molecular flexibility index (Phi) is 7.50. The van der Waals surface area contributed by atoms with Crippen LogP contribution in [0.25, 0.3) is 0 Å². The van der Waals surface area contributed by atoms with E-state index in [-0.39, 0.29) is 5.25 Å². The lowest BCUT2D eigenvalue weighted by Crippen LogP contribution is -2.27. The summed E-state index contributed by atoms with van der Waals surface area (Å²) in [6.45, 7) is 4.00. The van der Waals surface area contributed by atoms with E-state index in [1.54, 1.807) is 0 Å². The van der Waals surface area contributed by atoms with Crippen LogP contribution in [0.2, 0.25) is 0 Å². The highest BCUT2D eigenvalue weighted by atomic mass is 32.2. The van der Waals surface area contributed by atoms with Crippen LogP contribution in [0, 0.1) is 0 Å². The van der Waals surface area contributed by atoms with E-state index >= 15 is 0 Å². The van der Waals surface area contributed by atoms with E-state index < -0.39 is 11.2 Å². The van der Waals surface area contributed by atoms with Crippen molar-refractivity contribution in [1.29, 1.82) is 0 Å². The van der Waals surface area contributed by atoms with Crippen molar-refractivity contribution in [2.45, 2.75) is 25.0 Å². The zero-order chi connectivity index (χ0) is 15.6. The highest BCUT2D eigenvalue weighted by Crippen LogP contribution is 2.30. The van der Waals surface area contributed by atoms with Crippen molar-refractivity contribution < 1.29 is 4.55 Å². The summed E-state index contributed by atoms with van der Waals surface area (Å²) in [4.78, 5) is 0. The van der Waals surface area contributed by atoms with Crippen LogP contribution in [0.5, 0.6) is 0 Å². The van der Waals surface area contributed by atoms with Gasteiger partial charge in [-0.2, -0.15) is 0 Å². The zero-order valence-corrected chi connectivity index (χ0v) is 14.0. The number of rotatable bonds is 9. The van der Waals surface area contributed by atoms with E-state index in [9.17, 15) is 4.55 Å². The van der Waals surface area contributed by atoms with Crippen molar-refractivity contribution >= 4 is 11.2 Å². The molecule has 0 aliphatic carbocycles. The van der Waals surface area contributed by atoms with Gasteiger partial charge in [0.15, 0.2) is 5.25 Å². The molecule has 0 bridgehead atoms. The molecule has 3 heteroatoms. The van der Waals surface area contributed by atoms with Gasteiger partial charge in [-0.3, -0.25) is 0 Å². The normalized spacial score (nSPS) is 12.5. The molecule has 1 atom stereocenters. The molecule has 1 unspecified atom stereocenters. The molecule has 0 amide bonds. The summed E-state index contributed by atoms with van der Waals surface area (Å²) in [6, 6.07) is 20.3. The second-order valence-electron chi connectivity index (χ2n) is 5.39. The first-order chi connectivity index (χ1) is 10.8. The van der Waals surface area contributed by atoms with Gasteiger partial charge in [0.25, 0.3) is 0 Å². The summed E-state index contributed by atoms with van der Waals surface area (Å²) in [6.07, 6.45) is 2.36. The fraction of sp³-hybridized carbons (Fsp3) is 0.368. The van der Waals surface area contributed by atoms with Gasteiger partial charge in [-0.25, -0.2) is 0 Å². The van der Waals surface area contributed by atoms with Crippen LogP contribution in [0.15, 0.2) is 60.7 Å². The van der Waals surface area contributed by atoms with Gasteiger partial charge in [0.1, 0.15) is 5.75 Å². The van der Waals surface area contributed by atoms with Gasteiger partial charge < -0.3 is 9.87 Å². The third kappa shape index (κ3) is 5.16.